The van der Waals surface area contributed by atoms with E-state index in [1.807, 2.05) is 48.2 Å². The number of amides is 2. The normalized spacial score (nSPS) is 14.3. The number of hydrogen-bond acceptors (Lipinski definition) is 5. The number of likely N-dealkylation sites (tertiary alicyclic amines) is 1. The molecule has 7 heteroatoms. The summed E-state index contributed by atoms with van der Waals surface area (Å²) in [5.74, 6) is 0.910. The standard InChI is InChI=1S/C28H28N4O3/c1-18-16-25(31-35-18)30-28(34)21-12-14-32(15-13-21)26(33)17-23-19(2)29-24-11-7-6-10-22(24)27(23)20-8-4-3-5-9-20/h3-11,16,21H,12-15,17H2,1-2H3,(H,30,31,34). The molecule has 1 aliphatic heterocycles. The zero-order chi connectivity index (χ0) is 24.4. The van der Waals surface area contributed by atoms with E-state index in [1.165, 1.54) is 0 Å². The largest absolute Gasteiger partial charge is 0.360 e. The van der Waals surface area contributed by atoms with Crippen LogP contribution in [0.15, 0.2) is 65.2 Å². The Hall–Kier alpha value is -4.00. The fourth-order valence-corrected chi connectivity index (χ4v) is 4.83. The van der Waals surface area contributed by atoms with Gasteiger partial charge in [-0.15, -0.1) is 0 Å². The number of benzene rings is 2. The smallest absolute Gasteiger partial charge is 0.228 e. The first-order valence-corrected chi connectivity index (χ1v) is 11.9. The van der Waals surface area contributed by atoms with Crippen molar-refractivity contribution in [1.29, 1.82) is 0 Å². The summed E-state index contributed by atoms with van der Waals surface area (Å²) >= 11 is 0. The molecule has 0 bridgehead atoms. The number of aromatic nitrogens is 2. The molecule has 1 fully saturated rings. The lowest BCUT2D eigenvalue weighted by atomic mass is 9.91. The molecular formula is C28H28N4O3. The lowest BCUT2D eigenvalue weighted by Crippen LogP contribution is -2.42. The monoisotopic (exact) mass is 468 g/mol. The van der Waals surface area contributed by atoms with Gasteiger partial charge in [0.05, 0.1) is 11.9 Å². The van der Waals surface area contributed by atoms with Crippen LogP contribution >= 0.6 is 0 Å². The van der Waals surface area contributed by atoms with Crippen molar-refractivity contribution in [3.8, 4) is 11.1 Å². The van der Waals surface area contributed by atoms with Gasteiger partial charge < -0.3 is 14.7 Å². The van der Waals surface area contributed by atoms with Crippen LogP contribution < -0.4 is 5.32 Å². The van der Waals surface area contributed by atoms with E-state index in [2.05, 4.69) is 28.7 Å². The Bertz CT molecular complexity index is 1370. The predicted molar refractivity (Wildman–Crippen MR) is 135 cm³/mol. The topological polar surface area (TPSA) is 88.3 Å². The third-order valence-corrected chi connectivity index (χ3v) is 6.69. The minimum absolute atomic E-state index is 0.0633. The average Bonchev–Trinajstić information content (AvgIpc) is 3.29. The molecule has 2 amide bonds. The molecule has 0 unspecified atom stereocenters. The van der Waals surface area contributed by atoms with Crippen LogP contribution in [0.5, 0.6) is 0 Å². The Kier molecular flexibility index (Phi) is 6.31. The van der Waals surface area contributed by atoms with Gasteiger partial charge in [-0.25, -0.2) is 0 Å². The molecule has 7 nitrogen and oxygen atoms in total. The summed E-state index contributed by atoms with van der Waals surface area (Å²) in [4.78, 5) is 32.7. The highest BCUT2D eigenvalue weighted by Crippen LogP contribution is 2.34. The second kappa shape index (κ2) is 9.70. The molecule has 4 aromatic rings. The molecule has 3 heterocycles. The summed E-state index contributed by atoms with van der Waals surface area (Å²) in [6.45, 7) is 4.86. The van der Waals surface area contributed by atoms with E-state index in [0.29, 0.717) is 37.5 Å². The van der Waals surface area contributed by atoms with Gasteiger partial charge >= 0.3 is 0 Å². The highest BCUT2D eigenvalue weighted by Gasteiger charge is 2.29. The molecule has 0 saturated carbocycles. The summed E-state index contributed by atoms with van der Waals surface area (Å²) in [7, 11) is 0. The Morgan fingerprint density at radius 3 is 2.46 bits per heavy atom. The van der Waals surface area contributed by atoms with Gasteiger partial charge in [0.25, 0.3) is 0 Å². The number of pyridine rings is 1. The van der Waals surface area contributed by atoms with Crippen molar-refractivity contribution < 1.29 is 14.1 Å². The van der Waals surface area contributed by atoms with Gasteiger partial charge in [-0.05, 0) is 49.4 Å². The molecule has 35 heavy (non-hydrogen) atoms. The summed E-state index contributed by atoms with van der Waals surface area (Å²) in [5.41, 5.74) is 4.90. The molecule has 2 aromatic carbocycles. The molecule has 0 radical (unpaired) electrons. The van der Waals surface area contributed by atoms with Gasteiger partial charge in [-0.2, -0.15) is 0 Å². The zero-order valence-corrected chi connectivity index (χ0v) is 20.0. The molecule has 0 atom stereocenters. The van der Waals surface area contributed by atoms with Crippen LogP contribution in [0.3, 0.4) is 0 Å². The lowest BCUT2D eigenvalue weighted by Gasteiger charge is -2.31. The summed E-state index contributed by atoms with van der Waals surface area (Å²) < 4.78 is 5.01. The van der Waals surface area contributed by atoms with Crippen LogP contribution in [-0.2, 0) is 16.0 Å². The van der Waals surface area contributed by atoms with Gasteiger partial charge in [0.15, 0.2) is 5.82 Å². The number of piperidine rings is 1. The van der Waals surface area contributed by atoms with Crippen LogP contribution in [0, 0.1) is 19.8 Å². The minimum atomic E-state index is -0.153. The SMILES string of the molecule is Cc1cc(NC(=O)C2CCN(C(=O)Cc3c(C)nc4ccccc4c3-c3ccccc3)CC2)no1. The zero-order valence-electron chi connectivity index (χ0n) is 20.0. The van der Waals surface area contributed by atoms with Crippen molar-refractivity contribution in [3.63, 3.8) is 0 Å². The van der Waals surface area contributed by atoms with Crippen molar-refractivity contribution in [2.24, 2.45) is 5.92 Å². The first-order chi connectivity index (χ1) is 17.0. The molecule has 1 N–H and O–H groups in total. The Morgan fingerprint density at radius 2 is 1.74 bits per heavy atom. The summed E-state index contributed by atoms with van der Waals surface area (Å²) in [5, 5.41) is 7.68. The van der Waals surface area contributed by atoms with Crippen LogP contribution in [0.25, 0.3) is 22.0 Å². The second-order valence-electron chi connectivity index (χ2n) is 9.08. The number of hydrogen-bond donors (Lipinski definition) is 1. The fourth-order valence-electron chi connectivity index (χ4n) is 4.83. The van der Waals surface area contributed by atoms with Crippen LogP contribution in [0.4, 0.5) is 5.82 Å². The summed E-state index contributed by atoms with van der Waals surface area (Å²) in [6.07, 6.45) is 1.52. The minimum Gasteiger partial charge on any atom is -0.360 e. The number of rotatable bonds is 5. The number of nitrogens with one attached hydrogen (secondary N) is 1. The van der Waals surface area contributed by atoms with E-state index in [4.69, 9.17) is 9.51 Å². The number of carbonyl (C=O) groups is 2. The highest BCUT2D eigenvalue weighted by molar-refractivity contribution is 5.98. The maximum absolute atomic E-state index is 13.4. The van der Waals surface area contributed by atoms with Gasteiger partial charge in [0.1, 0.15) is 5.76 Å². The predicted octanol–water partition coefficient (Wildman–Crippen LogP) is 4.93. The average molecular weight is 469 g/mol. The Morgan fingerprint density at radius 1 is 1.03 bits per heavy atom. The van der Waals surface area contributed by atoms with Gasteiger partial charge in [0, 0.05) is 36.2 Å². The number of para-hydroxylation sites is 1. The maximum atomic E-state index is 13.4. The van der Waals surface area contributed by atoms with Crippen LogP contribution in [-0.4, -0.2) is 39.9 Å². The second-order valence-corrected chi connectivity index (χ2v) is 9.08. The van der Waals surface area contributed by atoms with E-state index in [-0.39, 0.29) is 24.2 Å². The number of fused-ring (bicyclic) bond motifs is 1. The van der Waals surface area contributed by atoms with E-state index >= 15 is 0 Å². The quantitative estimate of drug-likeness (QED) is 0.449. The Labute approximate surface area is 204 Å². The molecular weight excluding hydrogens is 440 g/mol. The maximum Gasteiger partial charge on any atom is 0.228 e. The van der Waals surface area contributed by atoms with Crippen LogP contribution in [0.2, 0.25) is 0 Å². The van der Waals surface area contributed by atoms with Crippen molar-refractivity contribution in [3.05, 3.63) is 77.7 Å². The molecule has 178 valence electrons. The number of aryl methyl sites for hydroxylation is 2. The van der Waals surface area contributed by atoms with Gasteiger partial charge in [0.2, 0.25) is 11.8 Å². The molecule has 0 aliphatic carbocycles. The third kappa shape index (κ3) is 4.80. The van der Waals surface area contributed by atoms with Crippen molar-refractivity contribution in [2.45, 2.75) is 33.1 Å². The van der Waals surface area contributed by atoms with E-state index < -0.39 is 0 Å². The van der Waals surface area contributed by atoms with E-state index in [0.717, 1.165) is 33.3 Å². The van der Waals surface area contributed by atoms with Crippen molar-refractivity contribution in [2.75, 3.05) is 18.4 Å². The van der Waals surface area contributed by atoms with Crippen molar-refractivity contribution in [1.82, 2.24) is 15.0 Å². The number of anilines is 1. The molecule has 0 spiro atoms. The highest BCUT2D eigenvalue weighted by atomic mass is 16.5. The third-order valence-electron chi connectivity index (χ3n) is 6.69. The molecule has 2 aromatic heterocycles. The van der Waals surface area contributed by atoms with E-state index in [9.17, 15) is 9.59 Å². The molecule has 1 aliphatic rings. The molecule has 1 saturated heterocycles. The van der Waals surface area contributed by atoms with Gasteiger partial charge in [-0.1, -0.05) is 53.7 Å². The Balaban J connectivity index is 1.32. The lowest BCUT2D eigenvalue weighted by molar-refractivity contribution is -0.133. The number of nitrogens with zero attached hydrogens (tertiary/aromatic N) is 3. The van der Waals surface area contributed by atoms with E-state index in [1.54, 1.807) is 13.0 Å². The number of carbonyl (C=O) groups excluding carboxylic acids is 2. The first kappa shape index (κ1) is 22.8. The summed E-state index contributed by atoms with van der Waals surface area (Å²) in [6, 6.07) is 19.9. The fraction of sp³-hybridized carbons (Fsp3) is 0.286. The molecule has 5 rings (SSSR count). The van der Waals surface area contributed by atoms with Crippen LogP contribution in [0.1, 0.15) is 29.9 Å². The first-order valence-electron chi connectivity index (χ1n) is 11.9. The van der Waals surface area contributed by atoms with Gasteiger partial charge in [-0.3, -0.25) is 14.6 Å². The van der Waals surface area contributed by atoms with Crippen molar-refractivity contribution >= 4 is 28.5 Å².